The Labute approximate surface area is 298 Å². The molecule has 278 valence electrons. The first-order chi connectivity index (χ1) is 24.9. The molecule has 0 saturated carbocycles. The number of amides is 2. The average Bonchev–Trinajstić information content (AvgIpc) is 3.46. The zero-order chi connectivity index (χ0) is 37.1. The minimum atomic E-state index is -1.82. The lowest BCUT2D eigenvalue weighted by molar-refractivity contribution is -0.239. The van der Waals surface area contributed by atoms with Gasteiger partial charge in [-0.1, -0.05) is 42.0 Å². The number of hydrogen-bond donors (Lipinski definition) is 7. The third-order valence-corrected chi connectivity index (χ3v) is 9.86. The van der Waals surface area contributed by atoms with Crippen LogP contribution in [0.2, 0.25) is 0 Å². The van der Waals surface area contributed by atoms with Crippen LogP contribution in [0.25, 0.3) is 0 Å². The molecule has 3 aliphatic heterocycles. The van der Waals surface area contributed by atoms with Gasteiger partial charge in [-0.15, -0.1) is 0 Å². The van der Waals surface area contributed by atoms with Crippen LogP contribution in [0.3, 0.4) is 0 Å². The monoisotopic (exact) mass is 721 g/mol. The summed E-state index contributed by atoms with van der Waals surface area (Å²) >= 11 is 0. The topological polar surface area (TPSA) is 239 Å². The normalized spacial score (nSPS) is 27.1. The van der Waals surface area contributed by atoms with Gasteiger partial charge in [0.15, 0.2) is 18.1 Å². The number of nitrogens with zero attached hydrogens (tertiary/aromatic N) is 2. The summed E-state index contributed by atoms with van der Waals surface area (Å²) in [4.78, 5) is 54.0. The van der Waals surface area contributed by atoms with E-state index in [1.165, 1.54) is 11.1 Å². The van der Waals surface area contributed by atoms with Crippen molar-refractivity contribution in [3.63, 3.8) is 0 Å². The summed E-state index contributed by atoms with van der Waals surface area (Å²) in [5, 5.41) is 44.8. The zero-order valence-electron chi connectivity index (χ0n) is 28.4. The Bertz CT molecular complexity index is 1870. The molecule has 8 N–H and O–H groups in total. The van der Waals surface area contributed by atoms with Gasteiger partial charge in [0, 0.05) is 43.5 Å². The molecule has 2 fully saturated rings. The molecule has 0 bridgehead atoms. The van der Waals surface area contributed by atoms with Crippen LogP contribution < -0.4 is 27.2 Å². The number of aliphatic hydroxyl groups excluding tert-OH is 4. The lowest BCUT2D eigenvalue weighted by Crippen LogP contribution is -2.53. The highest BCUT2D eigenvalue weighted by molar-refractivity contribution is 5.91. The number of nitrogens with one attached hydrogen (secondary N) is 2. The number of aromatic nitrogens is 2. The largest absolute Gasteiger partial charge is 0.456 e. The third-order valence-electron chi connectivity index (χ3n) is 9.86. The fourth-order valence-corrected chi connectivity index (χ4v) is 6.85. The van der Waals surface area contributed by atoms with Gasteiger partial charge in [0.05, 0.1) is 6.61 Å². The summed E-state index contributed by atoms with van der Waals surface area (Å²) in [5.41, 5.74) is 8.47. The van der Waals surface area contributed by atoms with E-state index >= 15 is 0 Å². The quantitative estimate of drug-likeness (QED) is 0.129. The maximum absolute atomic E-state index is 13.1. The van der Waals surface area contributed by atoms with E-state index < -0.39 is 84.4 Å². The Balaban J connectivity index is 1.05. The van der Waals surface area contributed by atoms with Gasteiger partial charge >= 0.3 is 5.69 Å². The number of carbonyl (C=O) groups excluding carboxylic acids is 2. The van der Waals surface area contributed by atoms with Crippen molar-refractivity contribution in [2.24, 2.45) is 11.7 Å². The van der Waals surface area contributed by atoms with Gasteiger partial charge in [0.25, 0.3) is 11.5 Å². The van der Waals surface area contributed by atoms with E-state index in [1.54, 1.807) is 0 Å². The summed E-state index contributed by atoms with van der Waals surface area (Å²) in [6, 6.07) is 17.5. The van der Waals surface area contributed by atoms with Gasteiger partial charge in [-0.25, -0.2) is 4.79 Å². The Morgan fingerprint density at radius 3 is 2.35 bits per heavy atom. The van der Waals surface area contributed by atoms with Gasteiger partial charge in [0.2, 0.25) is 12.2 Å². The maximum Gasteiger partial charge on any atom is 0.330 e. The minimum absolute atomic E-state index is 0.112. The van der Waals surface area contributed by atoms with E-state index in [0.29, 0.717) is 5.92 Å². The molecule has 52 heavy (non-hydrogen) atoms. The first-order valence-electron chi connectivity index (χ1n) is 17.1. The van der Waals surface area contributed by atoms with Gasteiger partial charge in [0.1, 0.15) is 24.4 Å². The number of aliphatic hydroxyl groups is 4. The van der Waals surface area contributed by atoms with E-state index in [4.69, 9.17) is 19.9 Å². The van der Waals surface area contributed by atoms with Crippen LogP contribution in [0.4, 0.5) is 5.69 Å². The highest BCUT2D eigenvalue weighted by Gasteiger charge is 2.51. The lowest BCUT2D eigenvalue weighted by Gasteiger charge is -2.35. The van der Waals surface area contributed by atoms with Crippen LogP contribution >= 0.6 is 0 Å². The second-order valence-electron chi connectivity index (χ2n) is 13.3. The van der Waals surface area contributed by atoms with Crippen LogP contribution in [0.1, 0.15) is 41.7 Å². The highest BCUT2D eigenvalue weighted by atomic mass is 16.7. The number of rotatable bonds is 11. The summed E-state index contributed by atoms with van der Waals surface area (Å²) in [7, 11) is 0. The lowest BCUT2D eigenvalue weighted by atomic mass is 9.89. The molecule has 3 aliphatic rings. The van der Waals surface area contributed by atoms with Gasteiger partial charge in [-0.3, -0.25) is 23.9 Å². The van der Waals surface area contributed by atoms with Crippen molar-refractivity contribution >= 4 is 17.5 Å². The fraction of sp³-hybridized carbons (Fsp3) is 0.444. The molecule has 2 amide bonds. The average molecular weight is 722 g/mol. The number of piperidine rings is 1. The Kier molecular flexibility index (Phi) is 11.2. The summed E-state index contributed by atoms with van der Waals surface area (Å²) in [6.07, 6.45) is -7.42. The third kappa shape index (κ3) is 7.96. The number of H-pyrrole nitrogens is 1. The van der Waals surface area contributed by atoms with Crippen LogP contribution in [0.5, 0.6) is 0 Å². The number of benzene rings is 2. The molecule has 16 heteroatoms. The van der Waals surface area contributed by atoms with Crippen molar-refractivity contribution in [3.05, 3.63) is 110 Å². The molecule has 8 atom stereocenters. The number of carbonyl (C=O) groups is 2. The number of hydrogen-bond acceptors (Lipinski definition) is 12. The Morgan fingerprint density at radius 1 is 1.02 bits per heavy atom. The number of aryl methyl sites for hydroxylation is 1. The number of anilines is 1. The molecule has 0 spiro atoms. The molecule has 0 radical (unpaired) electrons. The van der Waals surface area contributed by atoms with Crippen molar-refractivity contribution in [2.45, 2.75) is 75.3 Å². The first kappa shape index (κ1) is 36.9. The molecule has 2 saturated heterocycles. The second-order valence-corrected chi connectivity index (χ2v) is 13.3. The second kappa shape index (κ2) is 15.8. The predicted molar refractivity (Wildman–Crippen MR) is 185 cm³/mol. The van der Waals surface area contributed by atoms with Crippen molar-refractivity contribution in [3.8, 4) is 0 Å². The van der Waals surface area contributed by atoms with Gasteiger partial charge < -0.3 is 50.6 Å². The number of aromatic amines is 1. The molecule has 3 aromatic rings. The Hall–Kier alpha value is -4.84. The molecule has 1 aromatic heterocycles. The molecule has 2 unspecified atom stereocenters. The maximum atomic E-state index is 13.1. The van der Waals surface area contributed by atoms with E-state index in [0.717, 1.165) is 60.1 Å². The molecule has 4 heterocycles. The first-order valence-corrected chi connectivity index (χ1v) is 17.1. The fourth-order valence-electron chi connectivity index (χ4n) is 6.85. The summed E-state index contributed by atoms with van der Waals surface area (Å²) in [5.74, 6) is -3.00. The van der Waals surface area contributed by atoms with Crippen LogP contribution in [-0.4, -0.2) is 98.3 Å². The Morgan fingerprint density at radius 2 is 1.71 bits per heavy atom. The van der Waals surface area contributed by atoms with E-state index in [2.05, 4.69) is 41.4 Å². The molecule has 2 aromatic carbocycles. The predicted octanol–water partition coefficient (Wildman–Crippen LogP) is -0.755. The highest BCUT2D eigenvalue weighted by Crippen LogP contribution is 2.37. The molecule has 16 nitrogen and oxygen atoms in total. The summed E-state index contributed by atoms with van der Waals surface area (Å²) < 4.78 is 17.8. The molecule has 0 aliphatic carbocycles. The van der Waals surface area contributed by atoms with Crippen molar-refractivity contribution in [2.75, 3.05) is 24.6 Å². The van der Waals surface area contributed by atoms with Gasteiger partial charge in [-0.05, 0) is 55.0 Å². The number of nitrogens with two attached hydrogens (primary N) is 1. The molecular formula is C36H43N5O11. The van der Waals surface area contributed by atoms with E-state index in [-0.39, 0.29) is 6.54 Å². The smallest absolute Gasteiger partial charge is 0.330 e. The molecule has 6 rings (SSSR count). The van der Waals surface area contributed by atoms with Crippen LogP contribution in [-0.2, 0) is 30.3 Å². The molecular weight excluding hydrogens is 678 g/mol. The van der Waals surface area contributed by atoms with E-state index in [9.17, 15) is 39.6 Å². The van der Waals surface area contributed by atoms with Crippen molar-refractivity contribution in [1.29, 1.82) is 0 Å². The SMILES string of the molecule is Cc1ccc(C2CCN(c3ccc(CNC(=O)C4=C[C@H](O)C(O)[C@@H](O[C@@H](C(N)=O)[C@H]5O[C@@H](n6ccc(=O)[nH]c6=O)C(O)[C@H]5CO)O4)cc3)CC2)cc1. The zero-order valence-corrected chi connectivity index (χ0v) is 28.4. The van der Waals surface area contributed by atoms with Gasteiger partial charge in [-0.2, -0.15) is 0 Å². The van der Waals surface area contributed by atoms with Crippen molar-refractivity contribution in [1.82, 2.24) is 14.9 Å². The van der Waals surface area contributed by atoms with E-state index in [1.807, 2.05) is 29.2 Å². The standard InChI is InChI=1S/C36H43N5O11/c1-19-2-6-21(7-3-19)22-10-13-40(14-11-22)23-8-4-20(5-9-23)17-38-33(48)26-16-25(43)29(46)35(50-26)52-31(32(37)47)30-24(18-42)28(45)34(51-30)41-15-12-27(44)39-36(41)49/h2-9,12,15-16,22,24-25,28-31,34-35,42-43,45-46H,10-11,13-14,17-18H2,1H3,(H2,37,47)(H,38,48)(H,39,44,49)/t24-,25+,28?,29?,30+,31-,34-,35-/m1/s1. The summed E-state index contributed by atoms with van der Waals surface area (Å²) in [6.45, 7) is 3.31. The number of primary amides is 1. The van der Waals surface area contributed by atoms with Crippen LogP contribution in [0.15, 0.2) is 82.2 Å². The van der Waals surface area contributed by atoms with Crippen molar-refractivity contribution < 1.29 is 44.2 Å². The number of ether oxygens (including phenoxy) is 3. The minimum Gasteiger partial charge on any atom is -0.456 e. The van der Waals surface area contributed by atoms with Crippen LogP contribution in [0, 0.1) is 12.8 Å².